The summed E-state index contributed by atoms with van der Waals surface area (Å²) in [5.41, 5.74) is 0.548. The molecule has 1 unspecified atom stereocenters. The normalized spacial score (nSPS) is 14.1. The largest absolute Gasteiger partial charge is 0.465 e. The maximum atomic E-state index is 12.0. The quantitative estimate of drug-likeness (QED) is 0.731. The number of carbonyl (C=O) groups is 1. The SMILES string of the molecule is CCNC(C)(CCCn1cc(C)cn1)C(=O)OCC. The first kappa shape index (κ1) is 15.7. The van der Waals surface area contributed by atoms with Crippen LogP contribution in [-0.2, 0) is 16.1 Å². The standard InChI is InChI=1S/C14H25N3O2/c1-5-15-14(4,13(18)19-6-2)8-7-9-17-11-12(3)10-16-17/h10-11,15H,5-9H2,1-4H3. The van der Waals surface area contributed by atoms with Gasteiger partial charge in [-0.15, -0.1) is 0 Å². The average Bonchev–Trinajstić information content (AvgIpc) is 2.76. The fraction of sp³-hybridized carbons (Fsp3) is 0.714. The second-order valence-electron chi connectivity index (χ2n) is 4.97. The number of esters is 1. The summed E-state index contributed by atoms with van der Waals surface area (Å²) in [5.74, 6) is -0.173. The lowest BCUT2D eigenvalue weighted by Crippen LogP contribution is -2.50. The maximum Gasteiger partial charge on any atom is 0.326 e. The number of nitrogens with zero attached hydrogens (tertiary/aromatic N) is 2. The molecule has 1 N–H and O–H groups in total. The summed E-state index contributed by atoms with van der Waals surface area (Å²) in [4.78, 5) is 12.0. The molecule has 0 fully saturated rings. The monoisotopic (exact) mass is 267 g/mol. The average molecular weight is 267 g/mol. The minimum atomic E-state index is -0.604. The first-order valence-corrected chi connectivity index (χ1v) is 6.93. The molecule has 1 aromatic heterocycles. The van der Waals surface area contributed by atoms with Gasteiger partial charge in [0, 0.05) is 12.7 Å². The van der Waals surface area contributed by atoms with Crippen molar-refractivity contribution in [3.05, 3.63) is 18.0 Å². The van der Waals surface area contributed by atoms with Crippen molar-refractivity contribution < 1.29 is 9.53 Å². The maximum absolute atomic E-state index is 12.0. The van der Waals surface area contributed by atoms with E-state index in [1.165, 1.54) is 0 Å². The third kappa shape index (κ3) is 4.67. The number of aryl methyl sites for hydroxylation is 2. The van der Waals surface area contributed by atoms with Gasteiger partial charge in [0.05, 0.1) is 12.8 Å². The van der Waals surface area contributed by atoms with Crippen LogP contribution in [0, 0.1) is 6.92 Å². The summed E-state index contributed by atoms with van der Waals surface area (Å²) in [7, 11) is 0. The number of likely N-dealkylation sites (N-methyl/N-ethyl adjacent to an activating group) is 1. The number of aromatic nitrogens is 2. The molecule has 0 spiro atoms. The zero-order chi connectivity index (χ0) is 14.3. The van der Waals surface area contributed by atoms with E-state index in [1.54, 1.807) is 0 Å². The van der Waals surface area contributed by atoms with E-state index in [9.17, 15) is 4.79 Å². The van der Waals surface area contributed by atoms with E-state index >= 15 is 0 Å². The molecule has 0 saturated heterocycles. The highest BCUT2D eigenvalue weighted by Gasteiger charge is 2.33. The first-order chi connectivity index (χ1) is 9.01. The molecule has 0 aliphatic carbocycles. The van der Waals surface area contributed by atoms with Crippen LogP contribution < -0.4 is 5.32 Å². The van der Waals surface area contributed by atoms with Gasteiger partial charge in [-0.2, -0.15) is 5.10 Å². The second kappa shape index (κ2) is 7.28. The molecule has 5 heteroatoms. The zero-order valence-corrected chi connectivity index (χ0v) is 12.4. The van der Waals surface area contributed by atoms with Gasteiger partial charge in [-0.3, -0.25) is 9.48 Å². The molecule has 1 atom stereocenters. The Balaban J connectivity index is 2.51. The topological polar surface area (TPSA) is 56.2 Å². The van der Waals surface area contributed by atoms with Crippen LogP contribution in [0.4, 0.5) is 0 Å². The van der Waals surface area contributed by atoms with E-state index in [-0.39, 0.29) is 5.97 Å². The third-order valence-electron chi connectivity index (χ3n) is 3.12. The molecule has 0 aliphatic heterocycles. The summed E-state index contributed by atoms with van der Waals surface area (Å²) in [6, 6.07) is 0. The van der Waals surface area contributed by atoms with E-state index < -0.39 is 5.54 Å². The molecule has 0 radical (unpaired) electrons. The number of carbonyl (C=O) groups excluding carboxylic acids is 1. The van der Waals surface area contributed by atoms with Crippen LogP contribution >= 0.6 is 0 Å². The van der Waals surface area contributed by atoms with Gasteiger partial charge in [-0.05, 0) is 45.7 Å². The Kier molecular flexibility index (Phi) is 6.02. The molecule has 0 amide bonds. The Hall–Kier alpha value is -1.36. The molecule has 1 rings (SSSR count). The van der Waals surface area contributed by atoms with Crippen molar-refractivity contribution in [1.29, 1.82) is 0 Å². The van der Waals surface area contributed by atoms with Gasteiger partial charge < -0.3 is 10.1 Å². The molecule has 1 aromatic rings. The number of nitrogens with one attached hydrogen (secondary N) is 1. The highest BCUT2D eigenvalue weighted by Crippen LogP contribution is 2.15. The fourth-order valence-corrected chi connectivity index (χ4v) is 2.13. The van der Waals surface area contributed by atoms with Crippen molar-refractivity contribution in [2.24, 2.45) is 0 Å². The molecular weight excluding hydrogens is 242 g/mol. The van der Waals surface area contributed by atoms with Gasteiger partial charge in [0.2, 0.25) is 0 Å². The molecule has 19 heavy (non-hydrogen) atoms. The van der Waals surface area contributed by atoms with Crippen LogP contribution in [0.2, 0.25) is 0 Å². The lowest BCUT2D eigenvalue weighted by atomic mass is 9.95. The van der Waals surface area contributed by atoms with E-state index in [0.29, 0.717) is 6.61 Å². The first-order valence-electron chi connectivity index (χ1n) is 6.93. The van der Waals surface area contributed by atoms with Gasteiger partial charge in [-0.25, -0.2) is 0 Å². The van der Waals surface area contributed by atoms with Crippen LogP contribution in [0.15, 0.2) is 12.4 Å². The van der Waals surface area contributed by atoms with Crippen molar-refractivity contribution in [3.63, 3.8) is 0 Å². The Bertz CT molecular complexity index is 403. The van der Waals surface area contributed by atoms with Gasteiger partial charge in [0.1, 0.15) is 5.54 Å². The minimum absolute atomic E-state index is 0.173. The summed E-state index contributed by atoms with van der Waals surface area (Å²) in [6.07, 6.45) is 5.46. The van der Waals surface area contributed by atoms with Crippen LogP contribution in [0.3, 0.4) is 0 Å². The van der Waals surface area contributed by atoms with Crippen molar-refractivity contribution in [3.8, 4) is 0 Å². The highest BCUT2D eigenvalue weighted by atomic mass is 16.5. The molecule has 0 aromatic carbocycles. The summed E-state index contributed by atoms with van der Waals surface area (Å²) < 4.78 is 7.05. The van der Waals surface area contributed by atoms with E-state index in [1.807, 2.05) is 44.8 Å². The van der Waals surface area contributed by atoms with Gasteiger partial charge in [-0.1, -0.05) is 6.92 Å². The van der Waals surface area contributed by atoms with Crippen molar-refractivity contribution in [2.75, 3.05) is 13.2 Å². The summed E-state index contributed by atoms with van der Waals surface area (Å²) >= 11 is 0. The second-order valence-corrected chi connectivity index (χ2v) is 4.97. The third-order valence-corrected chi connectivity index (χ3v) is 3.12. The van der Waals surface area contributed by atoms with E-state index in [4.69, 9.17) is 4.74 Å². The predicted octanol–water partition coefficient (Wildman–Crippen LogP) is 1.90. The molecule has 1 heterocycles. The Labute approximate surface area is 115 Å². The Morgan fingerprint density at radius 1 is 1.53 bits per heavy atom. The zero-order valence-electron chi connectivity index (χ0n) is 12.4. The Morgan fingerprint density at radius 3 is 2.79 bits per heavy atom. The molecule has 0 aliphatic rings. The number of hydrogen-bond donors (Lipinski definition) is 1. The van der Waals surface area contributed by atoms with Crippen molar-refractivity contribution in [2.45, 2.75) is 52.6 Å². The summed E-state index contributed by atoms with van der Waals surface area (Å²) in [5, 5.41) is 7.47. The lowest BCUT2D eigenvalue weighted by Gasteiger charge is -2.28. The van der Waals surface area contributed by atoms with Gasteiger partial charge >= 0.3 is 5.97 Å². The lowest BCUT2D eigenvalue weighted by molar-refractivity contribution is -0.150. The number of rotatable bonds is 8. The smallest absolute Gasteiger partial charge is 0.326 e. The molecule has 5 nitrogen and oxygen atoms in total. The highest BCUT2D eigenvalue weighted by molar-refractivity contribution is 5.80. The van der Waals surface area contributed by atoms with E-state index in [2.05, 4.69) is 10.4 Å². The van der Waals surface area contributed by atoms with Crippen LogP contribution in [-0.4, -0.2) is 34.4 Å². The van der Waals surface area contributed by atoms with Gasteiger partial charge in [0.25, 0.3) is 0 Å². The Morgan fingerprint density at radius 2 is 2.26 bits per heavy atom. The van der Waals surface area contributed by atoms with Crippen LogP contribution in [0.25, 0.3) is 0 Å². The number of hydrogen-bond acceptors (Lipinski definition) is 4. The predicted molar refractivity (Wildman–Crippen MR) is 74.9 cm³/mol. The fourth-order valence-electron chi connectivity index (χ4n) is 2.13. The minimum Gasteiger partial charge on any atom is -0.465 e. The van der Waals surface area contributed by atoms with E-state index in [0.717, 1.165) is 31.5 Å². The van der Waals surface area contributed by atoms with Crippen LogP contribution in [0.5, 0.6) is 0 Å². The molecule has 0 bridgehead atoms. The molecule has 108 valence electrons. The molecular formula is C14H25N3O2. The van der Waals surface area contributed by atoms with Gasteiger partial charge in [0.15, 0.2) is 0 Å². The van der Waals surface area contributed by atoms with Crippen molar-refractivity contribution in [1.82, 2.24) is 15.1 Å². The van der Waals surface area contributed by atoms with Crippen LogP contribution in [0.1, 0.15) is 39.2 Å². The number of ether oxygens (including phenoxy) is 1. The summed E-state index contributed by atoms with van der Waals surface area (Å²) in [6.45, 7) is 9.72. The van der Waals surface area contributed by atoms with Crippen molar-refractivity contribution >= 4 is 5.97 Å². The molecule has 0 saturated carbocycles.